The van der Waals surface area contributed by atoms with Crippen molar-refractivity contribution < 1.29 is 13.9 Å². The zero-order valence-electron chi connectivity index (χ0n) is 22.5. The van der Waals surface area contributed by atoms with Gasteiger partial charge in [-0.25, -0.2) is 9.78 Å². The summed E-state index contributed by atoms with van der Waals surface area (Å²) in [7, 11) is 0. The number of hydrogen-bond donors (Lipinski definition) is 1. The lowest BCUT2D eigenvalue weighted by atomic mass is 10.00. The smallest absolute Gasteiger partial charge is 0.340 e. The maximum atomic E-state index is 13.2. The highest BCUT2D eigenvalue weighted by Gasteiger charge is 2.22. The largest absolute Gasteiger partial charge is 0.456 e. The summed E-state index contributed by atoms with van der Waals surface area (Å²) in [5, 5.41) is 3.95. The molecule has 0 bridgehead atoms. The molecule has 1 unspecified atom stereocenters. The van der Waals surface area contributed by atoms with Gasteiger partial charge in [0.05, 0.1) is 22.7 Å². The van der Waals surface area contributed by atoms with Crippen molar-refractivity contribution in [1.29, 1.82) is 0 Å². The van der Waals surface area contributed by atoms with Crippen LogP contribution in [0.5, 0.6) is 0 Å². The molecule has 0 amide bonds. The maximum absolute atomic E-state index is 13.2. The highest BCUT2D eigenvalue weighted by Crippen LogP contribution is 2.32. The van der Waals surface area contributed by atoms with Crippen molar-refractivity contribution in [1.82, 2.24) is 9.38 Å². The molecule has 0 aliphatic rings. The minimum atomic E-state index is -0.610. The third-order valence-corrected chi connectivity index (χ3v) is 6.24. The van der Waals surface area contributed by atoms with Gasteiger partial charge in [-0.3, -0.25) is 4.79 Å². The van der Waals surface area contributed by atoms with E-state index in [1.807, 2.05) is 94.7 Å². The topological polar surface area (TPSA) is 85.8 Å². The molecule has 0 saturated carbocycles. The predicted molar refractivity (Wildman–Crippen MR) is 150 cm³/mol. The number of nitrogens with one attached hydrogen (secondary N) is 1. The van der Waals surface area contributed by atoms with Crippen molar-refractivity contribution in [2.45, 2.75) is 53.2 Å². The SMILES string of the molecule is Cc1cc(C(C)Nc2ccccc2C(=O)OC(C)(C)C)c2oc(-c3ccc4nc(C)cn4c3)cc(=O)c2c1. The Morgan fingerprint density at radius 1 is 1.05 bits per heavy atom. The third kappa shape index (κ3) is 5.05. The van der Waals surface area contributed by atoms with Gasteiger partial charge in [-0.1, -0.05) is 18.2 Å². The molecular formula is C31H31N3O4. The second-order valence-corrected chi connectivity index (χ2v) is 10.7. The first kappa shape index (κ1) is 25.3. The first-order chi connectivity index (χ1) is 18.0. The van der Waals surface area contributed by atoms with Crippen LogP contribution < -0.4 is 10.7 Å². The molecule has 5 aromatic rings. The summed E-state index contributed by atoms with van der Waals surface area (Å²) >= 11 is 0. The third-order valence-electron chi connectivity index (χ3n) is 6.24. The van der Waals surface area contributed by atoms with E-state index in [0.717, 1.165) is 28.0 Å². The van der Waals surface area contributed by atoms with Crippen molar-refractivity contribution in [2.75, 3.05) is 5.32 Å². The van der Waals surface area contributed by atoms with Gasteiger partial charge < -0.3 is 18.9 Å². The van der Waals surface area contributed by atoms with E-state index in [4.69, 9.17) is 9.15 Å². The molecule has 0 fully saturated rings. The summed E-state index contributed by atoms with van der Waals surface area (Å²) in [6.45, 7) is 11.4. The van der Waals surface area contributed by atoms with Gasteiger partial charge in [0.2, 0.25) is 0 Å². The molecule has 1 N–H and O–H groups in total. The van der Waals surface area contributed by atoms with Crippen LogP contribution in [0.3, 0.4) is 0 Å². The summed E-state index contributed by atoms with van der Waals surface area (Å²) in [5.74, 6) is 0.0723. The first-order valence-electron chi connectivity index (χ1n) is 12.6. The number of benzene rings is 2. The number of anilines is 1. The van der Waals surface area contributed by atoms with Crippen LogP contribution in [-0.2, 0) is 4.74 Å². The number of aryl methyl sites for hydroxylation is 2. The molecule has 2 aromatic carbocycles. The Labute approximate surface area is 221 Å². The number of hydrogen-bond acceptors (Lipinski definition) is 6. The highest BCUT2D eigenvalue weighted by molar-refractivity contribution is 5.96. The van der Waals surface area contributed by atoms with E-state index in [-0.39, 0.29) is 11.5 Å². The summed E-state index contributed by atoms with van der Waals surface area (Å²) in [4.78, 5) is 30.6. The van der Waals surface area contributed by atoms with Crippen LogP contribution in [0.25, 0.3) is 27.9 Å². The quantitative estimate of drug-likeness (QED) is 0.261. The molecule has 7 nitrogen and oxygen atoms in total. The number of ether oxygens (including phenoxy) is 1. The monoisotopic (exact) mass is 509 g/mol. The predicted octanol–water partition coefficient (Wildman–Crippen LogP) is 6.85. The Kier molecular flexibility index (Phi) is 6.31. The molecular weight excluding hydrogens is 478 g/mol. The van der Waals surface area contributed by atoms with Crippen molar-refractivity contribution in [3.8, 4) is 11.3 Å². The highest BCUT2D eigenvalue weighted by atomic mass is 16.6. The normalized spacial score (nSPS) is 12.6. The number of para-hydroxylation sites is 1. The van der Waals surface area contributed by atoms with Crippen LogP contribution in [0.1, 0.15) is 60.9 Å². The van der Waals surface area contributed by atoms with E-state index in [9.17, 15) is 9.59 Å². The molecule has 7 heteroatoms. The number of carbonyl (C=O) groups is 1. The van der Waals surface area contributed by atoms with Gasteiger partial charge in [-0.05, 0) is 77.4 Å². The summed E-state index contributed by atoms with van der Waals surface area (Å²) in [6, 6.07) is 16.2. The zero-order chi connectivity index (χ0) is 27.2. The fourth-order valence-electron chi connectivity index (χ4n) is 4.59. The van der Waals surface area contributed by atoms with Crippen LogP contribution >= 0.6 is 0 Å². The fourth-order valence-corrected chi connectivity index (χ4v) is 4.59. The minimum Gasteiger partial charge on any atom is -0.456 e. The van der Waals surface area contributed by atoms with E-state index >= 15 is 0 Å². The molecule has 0 saturated heterocycles. The van der Waals surface area contributed by atoms with Gasteiger partial charge in [0.15, 0.2) is 5.43 Å². The fraction of sp³-hybridized carbons (Fsp3) is 0.258. The molecule has 38 heavy (non-hydrogen) atoms. The van der Waals surface area contributed by atoms with E-state index in [1.165, 1.54) is 6.07 Å². The van der Waals surface area contributed by atoms with Gasteiger partial charge in [0.1, 0.15) is 22.6 Å². The van der Waals surface area contributed by atoms with Crippen molar-refractivity contribution in [2.24, 2.45) is 0 Å². The number of nitrogens with zero attached hydrogens (tertiary/aromatic N) is 2. The van der Waals surface area contributed by atoms with E-state index in [0.29, 0.717) is 28.0 Å². The molecule has 0 aliphatic heterocycles. The Morgan fingerprint density at radius 2 is 1.82 bits per heavy atom. The van der Waals surface area contributed by atoms with Crippen LogP contribution in [-0.4, -0.2) is 21.0 Å². The van der Waals surface area contributed by atoms with Crippen LogP contribution in [0.2, 0.25) is 0 Å². The average Bonchev–Trinajstić information content (AvgIpc) is 3.22. The number of carbonyl (C=O) groups excluding carboxylic acids is 1. The van der Waals surface area contributed by atoms with Crippen LogP contribution in [0.4, 0.5) is 5.69 Å². The van der Waals surface area contributed by atoms with Crippen LogP contribution in [0.15, 0.2) is 76.2 Å². The molecule has 3 aromatic heterocycles. The molecule has 0 spiro atoms. The number of fused-ring (bicyclic) bond motifs is 2. The number of rotatable bonds is 5. The van der Waals surface area contributed by atoms with E-state index < -0.39 is 11.6 Å². The summed E-state index contributed by atoms with van der Waals surface area (Å²) < 4.78 is 13.9. The van der Waals surface area contributed by atoms with Gasteiger partial charge in [-0.15, -0.1) is 0 Å². The first-order valence-corrected chi connectivity index (χ1v) is 12.6. The van der Waals surface area contributed by atoms with Crippen molar-refractivity contribution in [3.63, 3.8) is 0 Å². The van der Waals surface area contributed by atoms with Gasteiger partial charge in [0.25, 0.3) is 0 Å². The number of pyridine rings is 1. The summed E-state index contributed by atoms with van der Waals surface area (Å²) in [5.41, 5.74) is 5.13. The molecule has 194 valence electrons. The Bertz CT molecular complexity index is 1740. The lowest BCUT2D eigenvalue weighted by molar-refractivity contribution is 0.00706. The molecule has 0 aliphatic carbocycles. The summed E-state index contributed by atoms with van der Waals surface area (Å²) in [6.07, 6.45) is 3.84. The second kappa shape index (κ2) is 9.49. The maximum Gasteiger partial charge on any atom is 0.340 e. The lowest BCUT2D eigenvalue weighted by Crippen LogP contribution is -2.24. The lowest BCUT2D eigenvalue weighted by Gasteiger charge is -2.22. The van der Waals surface area contributed by atoms with Crippen LogP contribution in [0, 0.1) is 13.8 Å². The molecule has 1 atom stereocenters. The second-order valence-electron chi connectivity index (χ2n) is 10.7. The standard InChI is InChI=1S/C31H31N3O4/c1-18-13-23(20(3)33-25-10-8-7-9-22(25)30(36)38-31(4,5)6)29-24(14-18)26(35)15-27(37-29)21-11-12-28-32-19(2)16-34(28)17-21/h7-17,20,33H,1-6H3. The van der Waals surface area contributed by atoms with Crippen molar-refractivity contribution in [3.05, 3.63) is 99.6 Å². The Hall–Kier alpha value is -4.39. The van der Waals surface area contributed by atoms with Gasteiger partial charge in [0, 0.05) is 35.3 Å². The molecule has 5 rings (SSSR count). The average molecular weight is 510 g/mol. The van der Waals surface area contributed by atoms with Gasteiger partial charge in [-0.2, -0.15) is 0 Å². The number of esters is 1. The van der Waals surface area contributed by atoms with Crippen molar-refractivity contribution >= 4 is 28.3 Å². The van der Waals surface area contributed by atoms with E-state index in [2.05, 4.69) is 10.3 Å². The molecule has 0 radical (unpaired) electrons. The van der Waals surface area contributed by atoms with E-state index in [1.54, 1.807) is 12.1 Å². The Balaban J connectivity index is 1.57. The number of imidazole rings is 1. The van der Waals surface area contributed by atoms with Gasteiger partial charge >= 0.3 is 5.97 Å². The number of aromatic nitrogens is 2. The Morgan fingerprint density at radius 3 is 2.58 bits per heavy atom. The molecule has 3 heterocycles. The minimum absolute atomic E-state index is 0.116. The zero-order valence-corrected chi connectivity index (χ0v) is 22.5.